The van der Waals surface area contributed by atoms with E-state index in [1.165, 1.54) is 0 Å². The molecule has 2 aromatic carbocycles. The van der Waals surface area contributed by atoms with Crippen LogP contribution in [-0.4, -0.2) is 21.1 Å². The van der Waals surface area contributed by atoms with Gasteiger partial charge in [-0.2, -0.15) is 5.10 Å². The first-order valence-corrected chi connectivity index (χ1v) is 8.78. The Morgan fingerprint density at radius 2 is 1.67 bits per heavy atom. The molecule has 0 N–H and O–H groups in total. The highest BCUT2D eigenvalue weighted by atomic mass is 16.5. The maximum absolute atomic E-state index is 11.7. The molecule has 5 heteroatoms. The van der Waals surface area contributed by atoms with Gasteiger partial charge in [0.25, 0.3) is 5.88 Å². The predicted octanol–water partition coefficient (Wildman–Crippen LogP) is 4.18. The number of carbonyl (C=O) groups is 1. The van der Waals surface area contributed by atoms with E-state index in [1.807, 2.05) is 55.5 Å². The SMILES string of the molecule is Cc1c(C=O)c2cnnc(OCc3ccccc3)c2n1Cc1ccccc1. The number of ether oxygens (including phenoxy) is 1. The van der Waals surface area contributed by atoms with Crippen molar-refractivity contribution in [3.63, 3.8) is 0 Å². The molecule has 5 nitrogen and oxygen atoms in total. The molecule has 4 aromatic rings. The van der Waals surface area contributed by atoms with Crippen LogP contribution in [0.4, 0.5) is 0 Å². The molecule has 27 heavy (non-hydrogen) atoms. The van der Waals surface area contributed by atoms with Gasteiger partial charge in [0.05, 0.1) is 6.20 Å². The Morgan fingerprint density at radius 3 is 2.33 bits per heavy atom. The van der Waals surface area contributed by atoms with Crippen molar-refractivity contribution in [3.8, 4) is 5.88 Å². The molecule has 4 rings (SSSR count). The number of nitrogens with zero attached hydrogens (tertiary/aromatic N) is 3. The molecule has 0 saturated heterocycles. The maximum atomic E-state index is 11.7. The zero-order chi connectivity index (χ0) is 18.6. The monoisotopic (exact) mass is 357 g/mol. The number of aldehydes is 1. The quantitative estimate of drug-likeness (QED) is 0.486. The second-order valence-corrected chi connectivity index (χ2v) is 6.37. The van der Waals surface area contributed by atoms with Crippen LogP contribution in [-0.2, 0) is 13.2 Å². The molecule has 0 saturated carbocycles. The second-order valence-electron chi connectivity index (χ2n) is 6.37. The van der Waals surface area contributed by atoms with Gasteiger partial charge in [0.1, 0.15) is 12.1 Å². The fourth-order valence-electron chi connectivity index (χ4n) is 3.26. The van der Waals surface area contributed by atoms with Crippen LogP contribution in [0.25, 0.3) is 10.9 Å². The Kier molecular flexibility index (Phi) is 4.66. The molecule has 0 radical (unpaired) electrons. The van der Waals surface area contributed by atoms with Crippen molar-refractivity contribution in [1.82, 2.24) is 14.8 Å². The third-order valence-electron chi connectivity index (χ3n) is 4.67. The first-order valence-electron chi connectivity index (χ1n) is 8.78. The molecule has 2 aromatic heterocycles. The van der Waals surface area contributed by atoms with Crippen molar-refractivity contribution in [2.24, 2.45) is 0 Å². The van der Waals surface area contributed by atoms with Crippen LogP contribution in [0.15, 0.2) is 66.9 Å². The Balaban J connectivity index is 1.78. The lowest BCUT2D eigenvalue weighted by molar-refractivity contribution is 0.112. The normalized spacial score (nSPS) is 10.9. The molecule has 0 spiro atoms. The van der Waals surface area contributed by atoms with E-state index in [-0.39, 0.29) is 0 Å². The fourth-order valence-corrected chi connectivity index (χ4v) is 3.26. The highest BCUT2D eigenvalue weighted by Crippen LogP contribution is 2.31. The Morgan fingerprint density at radius 1 is 1.00 bits per heavy atom. The molecule has 134 valence electrons. The molecular formula is C22H19N3O2. The number of aromatic nitrogens is 3. The summed E-state index contributed by atoms with van der Waals surface area (Å²) in [5.41, 5.74) is 4.48. The molecule has 0 atom stereocenters. The number of benzene rings is 2. The van der Waals surface area contributed by atoms with Gasteiger partial charge in [-0.3, -0.25) is 4.79 Å². The molecule has 0 aliphatic carbocycles. The number of hydrogen-bond donors (Lipinski definition) is 0. The van der Waals surface area contributed by atoms with Crippen molar-refractivity contribution >= 4 is 17.2 Å². The zero-order valence-electron chi connectivity index (χ0n) is 15.0. The molecule has 0 aliphatic rings. The average Bonchev–Trinajstić information content (AvgIpc) is 2.99. The first kappa shape index (κ1) is 17.0. The second kappa shape index (κ2) is 7.41. The van der Waals surface area contributed by atoms with Crippen molar-refractivity contribution in [3.05, 3.63) is 89.2 Å². The van der Waals surface area contributed by atoms with E-state index in [2.05, 4.69) is 26.9 Å². The van der Waals surface area contributed by atoms with E-state index < -0.39 is 0 Å². The Hall–Kier alpha value is -3.47. The summed E-state index contributed by atoms with van der Waals surface area (Å²) in [5, 5.41) is 9.01. The zero-order valence-corrected chi connectivity index (χ0v) is 15.0. The summed E-state index contributed by atoms with van der Waals surface area (Å²) < 4.78 is 8.06. The lowest BCUT2D eigenvalue weighted by Gasteiger charge is -2.11. The van der Waals surface area contributed by atoms with Crippen molar-refractivity contribution in [1.29, 1.82) is 0 Å². The van der Waals surface area contributed by atoms with Crippen LogP contribution in [0.1, 0.15) is 27.2 Å². The molecule has 2 heterocycles. The molecular weight excluding hydrogens is 338 g/mol. The third-order valence-corrected chi connectivity index (χ3v) is 4.67. The minimum atomic E-state index is 0.390. The lowest BCUT2D eigenvalue weighted by atomic mass is 10.2. The average molecular weight is 357 g/mol. The van der Waals surface area contributed by atoms with E-state index in [0.29, 0.717) is 24.6 Å². The summed E-state index contributed by atoms with van der Waals surface area (Å²) >= 11 is 0. The van der Waals surface area contributed by atoms with E-state index in [0.717, 1.165) is 34.0 Å². The van der Waals surface area contributed by atoms with Crippen LogP contribution >= 0.6 is 0 Å². The van der Waals surface area contributed by atoms with Crippen LogP contribution in [0.2, 0.25) is 0 Å². The Bertz CT molecular complexity index is 1070. The van der Waals surface area contributed by atoms with Gasteiger partial charge < -0.3 is 9.30 Å². The van der Waals surface area contributed by atoms with Crippen molar-refractivity contribution < 1.29 is 9.53 Å². The van der Waals surface area contributed by atoms with Gasteiger partial charge in [-0.1, -0.05) is 60.7 Å². The Labute approximate surface area is 157 Å². The number of rotatable bonds is 6. The van der Waals surface area contributed by atoms with Crippen LogP contribution in [0.5, 0.6) is 5.88 Å². The summed E-state index contributed by atoms with van der Waals surface area (Å²) in [5.74, 6) is 0.434. The van der Waals surface area contributed by atoms with Gasteiger partial charge in [-0.05, 0) is 18.1 Å². The molecule has 0 bridgehead atoms. The largest absolute Gasteiger partial charge is 0.470 e. The van der Waals surface area contributed by atoms with Gasteiger partial charge >= 0.3 is 0 Å². The minimum absolute atomic E-state index is 0.390. The van der Waals surface area contributed by atoms with E-state index in [9.17, 15) is 4.79 Å². The summed E-state index contributed by atoms with van der Waals surface area (Å²) in [6, 6.07) is 20.0. The highest BCUT2D eigenvalue weighted by Gasteiger charge is 2.19. The topological polar surface area (TPSA) is 57.0 Å². The molecule has 0 amide bonds. The molecule has 0 aliphatic heterocycles. The van der Waals surface area contributed by atoms with Crippen LogP contribution in [0.3, 0.4) is 0 Å². The predicted molar refractivity (Wildman–Crippen MR) is 104 cm³/mol. The minimum Gasteiger partial charge on any atom is -0.470 e. The highest BCUT2D eigenvalue weighted by molar-refractivity contribution is 6.00. The van der Waals surface area contributed by atoms with E-state index in [1.54, 1.807) is 6.20 Å². The summed E-state index contributed by atoms with van der Waals surface area (Å²) in [4.78, 5) is 11.7. The molecule has 0 fully saturated rings. The van der Waals surface area contributed by atoms with Crippen molar-refractivity contribution in [2.75, 3.05) is 0 Å². The number of fused-ring (bicyclic) bond motifs is 1. The standard InChI is InChI=1S/C22H19N3O2/c1-16-20(14-26)19-12-23-24-22(27-15-18-10-6-3-7-11-18)21(19)25(16)13-17-8-4-2-5-9-17/h2-12,14H,13,15H2,1H3. The fraction of sp³-hybridized carbons (Fsp3) is 0.136. The van der Waals surface area contributed by atoms with E-state index in [4.69, 9.17) is 4.74 Å². The van der Waals surface area contributed by atoms with Gasteiger partial charge in [-0.15, -0.1) is 5.10 Å². The van der Waals surface area contributed by atoms with Gasteiger partial charge in [0.15, 0.2) is 6.29 Å². The van der Waals surface area contributed by atoms with Crippen LogP contribution < -0.4 is 4.74 Å². The summed E-state index contributed by atoms with van der Waals surface area (Å²) in [6.07, 6.45) is 2.50. The smallest absolute Gasteiger partial charge is 0.258 e. The van der Waals surface area contributed by atoms with E-state index >= 15 is 0 Å². The number of hydrogen-bond acceptors (Lipinski definition) is 4. The lowest BCUT2D eigenvalue weighted by Crippen LogP contribution is -2.05. The van der Waals surface area contributed by atoms with Gasteiger partial charge in [0.2, 0.25) is 0 Å². The molecule has 0 unspecified atom stereocenters. The third kappa shape index (κ3) is 3.31. The van der Waals surface area contributed by atoms with Crippen LogP contribution in [0, 0.1) is 6.92 Å². The van der Waals surface area contributed by atoms with Crippen molar-refractivity contribution in [2.45, 2.75) is 20.1 Å². The number of carbonyl (C=O) groups excluding carboxylic acids is 1. The van der Waals surface area contributed by atoms with Gasteiger partial charge in [-0.25, -0.2) is 0 Å². The maximum Gasteiger partial charge on any atom is 0.258 e. The first-order chi connectivity index (χ1) is 13.3. The van der Waals surface area contributed by atoms with Gasteiger partial charge in [0, 0.05) is 23.2 Å². The summed E-state index contributed by atoms with van der Waals surface area (Å²) in [7, 11) is 0. The summed E-state index contributed by atoms with van der Waals surface area (Å²) in [6.45, 7) is 2.96.